The molecule has 3 aliphatic rings. The van der Waals surface area contributed by atoms with Crippen LogP contribution in [0.3, 0.4) is 0 Å². The maximum absolute atomic E-state index is 12.6. The molecule has 1 aromatic heterocycles. The fourth-order valence-electron chi connectivity index (χ4n) is 5.57. The van der Waals surface area contributed by atoms with Crippen molar-refractivity contribution in [3.63, 3.8) is 0 Å². The lowest BCUT2D eigenvalue weighted by Crippen LogP contribution is -2.42. The van der Waals surface area contributed by atoms with Gasteiger partial charge < -0.3 is 14.5 Å². The molecule has 3 heterocycles. The second-order valence-corrected chi connectivity index (χ2v) is 10.2. The van der Waals surface area contributed by atoms with E-state index in [0.29, 0.717) is 30.7 Å². The molecule has 1 saturated carbocycles. The first-order chi connectivity index (χ1) is 15.6. The Labute approximate surface area is 192 Å². The lowest BCUT2D eigenvalue weighted by atomic mass is 9.86. The van der Waals surface area contributed by atoms with Crippen LogP contribution in [0, 0.1) is 24.7 Å². The maximum Gasteiger partial charge on any atom is 0.223 e. The van der Waals surface area contributed by atoms with Gasteiger partial charge in [0, 0.05) is 57.2 Å². The Bertz CT molecular complexity index is 769. The quantitative estimate of drug-likeness (QED) is 0.606. The van der Waals surface area contributed by atoms with E-state index in [1.54, 1.807) is 6.20 Å². The summed E-state index contributed by atoms with van der Waals surface area (Å²) < 4.78 is 5.83. The number of pyridine rings is 1. The van der Waals surface area contributed by atoms with E-state index in [1.807, 2.05) is 24.0 Å². The van der Waals surface area contributed by atoms with Gasteiger partial charge in [-0.3, -0.25) is 9.59 Å². The van der Waals surface area contributed by atoms with Gasteiger partial charge in [-0.25, -0.2) is 4.98 Å². The summed E-state index contributed by atoms with van der Waals surface area (Å²) in [7, 11) is 0. The zero-order valence-corrected chi connectivity index (χ0v) is 19.6. The predicted molar refractivity (Wildman–Crippen MR) is 124 cm³/mol. The minimum atomic E-state index is 0.228. The highest BCUT2D eigenvalue weighted by Crippen LogP contribution is 2.28. The Morgan fingerprint density at radius 3 is 2.62 bits per heavy atom. The van der Waals surface area contributed by atoms with Gasteiger partial charge in [-0.1, -0.05) is 32.1 Å². The van der Waals surface area contributed by atoms with Crippen molar-refractivity contribution in [2.45, 2.75) is 71.1 Å². The Kier molecular flexibility index (Phi) is 8.04. The average Bonchev–Trinajstić information content (AvgIpc) is 3.16. The van der Waals surface area contributed by atoms with E-state index in [0.717, 1.165) is 63.3 Å². The molecule has 2 saturated heterocycles. The SMILES string of the molecule is Cc1ccnc(OCC2CC(=O)N(CC3CCN(C(=O)CCC4CCCCC4)CC3)C2)c1. The molecule has 0 radical (unpaired) electrons. The summed E-state index contributed by atoms with van der Waals surface area (Å²) in [6, 6.07) is 3.88. The summed E-state index contributed by atoms with van der Waals surface area (Å²) in [4.78, 5) is 33.5. The van der Waals surface area contributed by atoms with Crippen LogP contribution in [0.1, 0.15) is 69.8 Å². The second-order valence-electron chi connectivity index (χ2n) is 10.2. The van der Waals surface area contributed by atoms with Crippen LogP contribution in [0.5, 0.6) is 5.88 Å². The molecule has 0 spiro atoms. The molecular formula is C26H39N3O3. The summed E-state index contributed by atoms with van der Waals surface area (Å²) in [5.41, 5.74) is 1.12. The van der Waals surface area contributed by atoms with Crippen molar-refractivity contribution in [3.8, 4) is 5.88 Å². The number of carbonyl (C=O) groups excluding carboxylic acids is 2. The monoisotopic (exact) mass is 441 g/mol. The summed E-state index contributed by atoms with van der Waals surface area (Å²) in [5.74, 6) is 2.71. The van der Waals surface area contributed by atoms with Crippen LogP contribution >= 0.6 is 0 Å². The van der Waals surface area contributed by atoms with Crippen LogP contribution in [0.15, 0.2) is 18.3 Å². The van der Waals surface area contributed by atoms with Crippen LogP contribution in [0.2, 0.25) is 0 Å². The van der Waals surface area contributed by atoms with Gasteiger partial charge in [0.15, 0.2) is 0 Å². The van der Waals surface area contributed by atoms with Crippen molar-refractivity contribution in [1.82, 2.24) is 14.8 Å². The molecule has 3 fully saturated rings. The smallest absolute Gasteiger partial charge is 0.223 e. The van der Waals surface area contributed by atoms with Crippen LogP contribution < -0.4 is 4.74 Å². The maximum atomic E-state index is 12.6. The Balaban J connectivity index is 1.14. The van der Waals surface area contributed by atoms with E-state index >= 15 is 0 Å². The molecule has 0 N–H and O–H groups in total. The zero-order chi connectivity index (χ0) is 22.3. The van der Waals surface area contributed by atoms with E-state index in [2.05, 4.69) is 9.88 Å². The first kappa shape index (κ1) is 23.1. The summed E-state index contributed by atoms with van der Waals surface area (Å²) in [5, 5.41) is 0. The number of aryl methyl sites for hydroxylation is 1. The van der Waals surface area contributed by atoms with Crippen molar-refractivity contribution >= 4 is 11.8 Å². The summed E-state index contributed by atoms with van der Waals surface area (Å²) in [6.45, 7) is 5.84. The van der Waals surface area contributed by atoms with Crippen LogP contribution in [-0.2, 0) is 9.59 Å². The van der Waals surface area contributed by atoms with E-state index in [-0.39, 0.29) is 11.8 Å². The molecule has 4 rings (SSSR count). The molecule has 2 aliphatic heterocycles. The molecule has 6 heteroatoms. The molecule has 176 valence electrons. The number of aromatic nitrogens is 1. The lowest BCUT2D eigenvalue weighted by Gasteiger charge is -2.34. The number of hydrogen-bond acceptors (Lipinski definition) is 4. The number of carbonyl (C=O) groups is 2. The molecular weight excluding hydrogens is 402 g/mol. The highest BCUT2D eigenvalue weighted by Gasteiger charge is 2.33. The van der Waals surface area contributed by atoms with Crippen LogP contribution in [0.4, 0.5) is 0 Å². The van der Waals surface area contributed by atoms with Crippen LogP contribution in [0.25, 0.3) is 0 Å². The summed E-state index contributed by atoms with van der Waals surface area (Å²) in [6.07, 6.45) is 12.8. The fraction of sp³-hybridized carbons (Fsp3) is 0.731. The Morgan fingerprint density at radius 1 is 1.09 bits per heavy atom. The van der Waals surface area contributed by atoms with Crippen molar-refractivity contribution in [3.05, 3.63) is 23.9 Å². The molecule has 1 aliphatic carbocycles. The van der Waals surface area contributed by atoms with Gasteiger partial charge in [-0.2, -0.15) is 0 Å². The number of amides is 2. The number of hydrogen-bond donors (Lipinski definition) is 0. The van der Waals surface area contributed by atoms with Crippen molar-refractivity contribution in [2.24, 2.45) is 17.8 Å². The first-order valence-corrected chi connectivity index (χ1v) is 12.7. The number of likely N-dealkylation sites (tertiary alicyclic amines) is 2. The minimum Gasteiger partial charge on any atom is -0.477 e. The van der Waals surface area contributed by atoms with Crippen molar-refractivity contribution in [2.75, 3.05) is 32.8 Å². The zero-order valence-electron chi connectivity index (χ0n) is 19.6. The van der Waals surface area contributed by atoms with Crippen molar-refractivity contribution < 1.29 is 14.3 Å². The largest absolute Gasteiger partial charge is 0.477 e. The lowest BCUT2D eigenvalue weighted by molar-refractivity contribution is -0.134. The minimum absolute atomic E-state index is 0.228. The summed E-state index contributed by atoms with van der Waals surface area (Å²) >= 11 is 0. The normalized spacial score (nSPS) is 23.0. The first-order valence-electron chi connectivity index (χ1n) is 12.7. The molecule has 32 heavy (non-hydrogen) atoms. The molecule has 2 amide bonds. The third-order valence-electron chi connectivity index (χ3n) is 7.59. The molecule has 1 unspecified atom stereocenters. The van der Waals surface area contributed by atoms with E-state index in [1.165, 1.54) is 32.1 Å². The third-order valence-corrected chi connectivity index (χ3v) is 7.59. The predicted octanol–water partition coefficient (Wildman–Crippen LogP) is 4.22. The van der Waals surface area contributed by atoms with E-state index < -0.39 is 0 Å². The topological polar surface area (TPSA) is 62.7 Å². The Morgan fingerprint density at radius 2 is 1.88 bits per heavy atom. The molecule has 1 aromatic rings. The van der Waals surface area contributed by atoms with Gasteiger partial charge in [-0.15, -0.1) is 0 Å². The van der Waals surface area contributed by atoms with Gasteiger partial charge in [0.05, 0.1) is 6.61 Å². The average molecular weight is 442 g/mol. The number of piperidine rings is 1. The Hall–Kier alpha value is -2.11. The standard InChI is InChI=1S/C26H39N3O3/c1-20-9-12-27-24(15-20)32-19-23-16-26(31)29(18-23)17-22-10-13-28(14-11-22)25(30)8-7-21-5-3-2-4-6-21/h9,12,15,21-23H,2-8,10-11,13-14,16-19H2,1H3. The second kappa shape index (κ2) is 11.2. The third kappa shape index (κ3) is 6.46. The molecule has 0 aromatic carbocycles. The highest BCUT2D eigenvalue weighted by atomic mass is 16.5. The van der Waals surface area contributed by atoms with Crippen molar-refractivity contribution in [1.29, 1.82) is 0 Å². The van der Waals surface area contributed by atoms with Gasteiger partial charge in [0.2, 0.25) is 17.7 Å². The van der Waals surface area contributed by atoms with Gasteiger partial charge >= 0.3 is 0 Å². The molecule has 0 bridgehead atoms. The number of nitrogens with zero attached hydrogens (tertiary/aromatic N) is 3. The molecule has 6 nitrogen and oxygen atoms in total. The van der Waals surface area contributed by atoms with E-state index in [4.69, 9.17) is 4.74 Å². The van der Waals surface area contributed by atoms with Crippen LogP contribution in [-0.4, -0.2) is 59.4 Å². The number of ether oxygens (including phenoxy) is 1. The highest BCUT2D eigenvalue weighted by molar-refractivity contribution is 5.78. The van der Waals surface area contributed by atoms with Gasteiger partial charge in [0.1, 0.15) is 0 Å². The van der Waals surface area contributed by atoms with Gasteiger partial charge in [0.25, 0.3) is 0 Å². The fourth-order valence-corrected chi connectivity index (χ4v) is 5.57. The molecule has 1 atom stereocenters. The van der Waals surface area contributed by atoms with E-state index in [9.17, 15) is 9.59 Å². The number of rotatable bonds is 8. The van der Waals surface area contributed by atoms with Gasteiger partial charge in [-0.05, 0) is 49.7 Å².